The van der Waals surface area contributed by atoms with Crippen molar-refractivity contribution in [3.05, 3.63) is 81.2 Å². The predicted molar refractivity (Wildman–Crippen MR) is 121 cm³/mol. The Kier molecular flexibility index (Phi) is 6.91. The quantitative estimate of drug-likeness (QED) is 0.491. The van der Waals surface area contributed by atoms with Gasteiger partial charge in [-0.1, -0.05) is 89.7 Å². The summed E-state index contributed by atoms with van der Waals surface area (Å²) in [6, 6.07) is 14.5. The first-order valence-electron chi connectivity index (χ1n) is 8.16. The van der Waals surface area contributed by atoms with Crippen LogP contribution in [0.1, 0.15) is 5.56 Å². The van der Waals surface area contributed by atoms with Crippen molar-refractivity contribution in [1.82, 2.24) is 4.90 Å². The Morgan fingerprint density at radius 2 is 1.93 bits per heavy atom. The van der Waals surface area contributed by atoms with Crippen LogP contribution in [-0.4, -0.2) is 27.6 Å². The van der Waals surface area contributed by atoms with Crippen LogP contribution in [0, 0.1) is 0 Å². The smallest absolute Gasteiger partial charge is 0.266 e. The Morgan fingerprint density at radius 3 is 2.64 bits per heavy atom. The van der Waals surface area contributed by atoms with Gasteiger partial charge in [0.15, 0.2) is 0 Å². The molecule has 0 radical (unpaired) electrons. The van der Waals surface area contributed by atoms with Crippen molar-refractivity contribution in [2.24, 2.45) is 0 Å². The Balaban J connectivity index is 1.64. The van der Waals surface area contributed by atoms with Crippen molar-refractivity contribution in [1.29, 1.82) is 0 Å². The highest BCUT2D eigenvalue weighted by Gasteiger charge is 2.33. The molecule has 0 spiro atoms. The number of nitrogens with one attached hydrogen (secondary N) is 1. The largest absolute Gasteiger partial charge is 0.323 e. The van der Waals surface area contributed by atoms with Gasteiger partial charge in [0.2, 0.25) is 5.91 Å². The Bertz CT molecular complexity index is 991. The van der Waals surface area contributed by atoms with Crippen LogP contribution >= 0.6 is 47.2 Å². The van der Waals surface area contributed by atoms with Crippen LogP contribution in [0.5, 0.6) is 0 Å². The molecule has 0 aliphatic carbocycles. The molecule has 4 nitrogen and oxygen atoms in total. The van der Waals surface area contributed by atoms with Gasteiger partial charge in [-0.05, 0) is 29.8 Å². The average molecular weight is 449 g/mol. The highest BCUT2D eigenvalue weighted by molar-refractivity contribution is 8.26. The Hall–Kier alpha value is -2.12. The lowest BCUT2D eigenvalue weighted by Gasteiger charge is -2.14. The molecule has 0 aromatic heterocycles. The maximum absolute atomic E-state index is 12.5. The number of thiocarbonyl (C=S) groups is 1. The number of benzene rings is 2. The number of hydrogen-bond donors (Lipinski definition) is 1. The van der Waals surface area contributed by atoms with Gasteiger partial charge in [-0.2, -0.15) is 0 Å². The molecule has 8 heteroatoms. The maximum Gasteiger partial charge on any atom is 0.266 e. The lowest BCUT2D eigenvalue weighted by atomic mass is 10.2. The van der Waals surface area contributed by atoms with E-state index >= 15 is 0 Å². The molecule has 1 aliphatic heterocycles. The van der Waals surface area contributed by atoms with Crippen molar-refractivity contribution >= 4 is 75.1 Å². The van der Waals surface area contributed by atoms with Crippen LogP contribution in [0.15, 0.2) is 65.6 Å². The van der Waals surface area contributed by atoms with E-state index < -0.39 is 5.91 Å². The first kappa shape index (κ1) is 20.6. The van der Waals surface area contributed by atoms with Gasteiger partial charge in [0.1, 0.15) is 10.9 Å². The molecular weight excluding hydrogens is 435 g/mol. The molecule has 1 fully saturated rings. The first-order chi connectivity index (χ1) is 13.4. The summed E-state index contributed by atoms with van der Waals surface area (Å²) < 4.78 is 0.335. The summed E-state index contributed by atoms with van der Waals surface area (Å²) in [5.41, 5.74) is 1.44. The summed E-state index contributed by atoms with van der Waals surface area (Å²) in [6.45, 7) is -0.191. The molecule has 28 heavy (non-hydrogen) atoms. The molecule has 2 aromatic rings. The molecule has 1 heterocycles. The van der Waals surface area contributed by atoms with E-state index in [-0.39, 0.29) is 12.5 Å². The number of carbonyl (C=O) groups excluding carboxylic acids is 2. The first-order valence-corrected chi connectivity index (χ1v) is 10.1. The summed E-state index contributed by atoms with van der Waals surface area (Å²) >= 11 is 18.3. The van der Waals surface area contributed by atoms with E-state index in [1.807, 2.05) is 36.4 Å². The molecule has 142 valence electrons. The fourth-order valence-corrected chi connectivity index (χ4v) is 4.05. The minimum absolute atomic E-state index is 0.191. The predicted octanol–water partition coefficient (Wildman–Crippen LogP) is 5.39. The lowest BCUT2D eigenvalue weighted by Crippen LogP contribution is -2.36. The molecule has 0 atom stereocenters. The minimum Gasteiger partial charge on any atom is -0.323 e. The third-order valence-corrected chi connectivity index (χ3v) is 5.66. The molecular formula is C20H14Cl2N2O2S2. The monoisotopic (exact) mass is 448 g/mol. The minimum atomic E-state index is -0.401. The molecule has 1 saturated heterocycles. The second kappa shape index (κ2) is 9.39. The van der Waals surface area contributed by atoms with Crippen molar-refractivity contribution in [3.8, 4) is 0 Å². The molecule has 2 aromatic carbocycles. The number of carbonyl (C=O) groups is 2. The lowest BCUT2D eigenvalue weighted by molar-refractivity contribution is -0.126. The van der Waals surface area contributed by atoms with Crippen LogP contribution < -0.4 is 5.32 Å². The maximum atomic E-state index is 12.5. The SMILES string of the molecule is O=C(CN1C(=O)C(=CC=Cc2ccccc2)SC1=S)Nc1ccc(Cl)cc1Cl. The van der Waals surface area contributed by atoms with E-state index in [0.29, 0.717) is 25.0 Å². The second-order valence-electron chi connectivity index (χ2n) is 5.73. The topological polar surface area (TPSA) is 49.4 Å². The average Bonchev–Trinajstić information content (AvgIpc) is 2.92. The fourth-order valence-electron chi connectivity index (χ4n) is 2.39. The Morgan fingerprint density at radius 1 is 1.18 bits per heavy atom. The van der Waals surface area contributed by atoms with Gasteiger partial charge < -0.3 is 5.32 Å². The van der Waals surface area contributed by atoms with E-state index in [4.69, 9.17) is 35.4 Å². The van der Waals surface area contributed by atoms with Gasteiger partial charge in [0.25, 0.3) is 5.91 Å². The number of anilines is 1. The summed E-state index contributed by atoms with van der Waals surface area (Å²) in [5, 5.41) is 3.44. The number of hydrogen-bond acceptors (Lipinski definition) is 4. The van der Waals surface area contributed by atoms with Crippen LogP contribution in [0.4, 0.5) is 5.69 Å². The number of thioether (sulfide) groups is 1. The zero-order chi connectivity index (χ0) is 20.1. The van der Waals surface area contributed by atoms with E-state index in [2.05, 4.69) is 5.32 Å². The number of nitrogens with zero attached hydrogens (tertiary/aromatic N) is 1. The van der Waals surface area contributed by atoms with Gasteiger partial charge in [-0.3, -0.25) is 14.5 Å². The molecule has 0 saturated carbocycles. The zero-order valence-electron chi connectivity index (χ0n) is 14.4. The zero-order valence-corrected chi connectivity index (χ0v) is 17.5. The van der Waals surface area contributed by atoms with Crippen LogP contribution in [0.2, 0.25) is 10.0 Å². The number of allylic oxidation sites excluding steroid dienone is 2. The van der Waals surface area contributed by atoms with Crippen molar-refractivity contribution < 1.29 is 9.59 Å². The van der Waals surface area contributed by atoms with Gasteiger partial charge >= 0.3 is 0 Å². The summed E-state index contributed by atoms with van der Waals surface area (Å²) in [5.74, 6) is -0.702. The molecule has 1 aliphatic rings. The van der Waals surface area contributed by atoms with E-state index in [1.165, 1.54) is 11.0 Å². The molecule has 1 N–H and O–H groups in total. The third-order valence-electron chi connectivity index (χ3n) is 3.72. The van der Waals surface area contributed by atoms with E-state index in [1.54, 1.807) is 24.3 Å². The van der Waals surface area contributed by atoms with Crippen LogP contribution in [0.25, 0.3) is 6.08 Å². The highest BCUT2D eigenvalue weighted by atomic mass is 35.5. The van der Waals surface area contributed by atoms with Crippen molar-refractivity contribution in [2.45, 2.75) is 0 Å². The second-order valence-corrected chi connectivity index (χ2v) is 8.25. The highest BCUT2D eigenvalue weighted by Crippen LogP contribution is 2.31. The molecule has 3 rings (SSSR count). The fraction of sp³-hybridized carbons (Fsp3) is 0.0500. The van der Waals surface area contributed by atoms with E-state index in [9.17, 15) is 9.59 Å². The van der Waals surface area contributed by atoms with Gasteiger partial charge in [0.05, 0.1) is 15.6 Å². The normalized spacial score (nSPS) is 15.6. The molecule has 0 bridgehead atoms. The van der Waals surface area contributed by atoms with Gasteiger partial charge in [0, 0.05) is 5.02 Å². The van der Waals surface area contributed by atoms with Crippen molar-refractivity contribution in [3.63, 3.8) is 0 Å². The summed E-state index contributed by atoms with van der Waals surface area (Å²) in [6.07, 6.45) is 5.37. The Labute approximate surface area is 182 Å². The van der Waals surface area contributed by atoms with Gasteiger partial charge in [-0.25, -0.2) is 0 Å². The number of halogens is 2. The summed E-state index contributed by atoms with van der Waals surface area (Å²) in [7, 11) is 0. The molecule has 2 amide bonds. The van der Waals surface area contributed by atoms with E-state index in [0.717, 1.165) is 17.3 Å². The van der Waals surface area contributed by atoms with Crippen LogP contribution in [-0.2, 0) is 9.59 Å². The van der Waals surface area contributed by atoms with Crippen LogP contribution in [0.3, 0.4) is 0 Å². The van der Waals surface area contributed by atoms with Crippen molar-refractivity contribution in [2.75, 3.05) is 11.9 Å². The summed E-state index contributed by atoms with van der Waals surface area (Å²) in [4.78, 5) is 26.6. The standard InChI is InChI=1S/C20H14Cl2N2O2S2/c21-14-9-10-16(15(22)11-14)23-18(25)12-24-19(26)17(28-20(24)27)8-4-7-13-5-2-1-3-6-13/h1-11H,12H2,(H,23,25). The third kappa shape index (κ3) is 5.23. The number of amides is 2. The molecule has 0 unspecified atom stereocenters. The number of rotatable bonds is 5. The van der Waals surface area contributed by atoms with Gasteiger partial charge in [-0.15, -0.1) is 0 Å².